The van der Waals surface area contributed by atoms with Gasteiger partial charge in [0.05, 0.1) is 60.4 Å². The van der Waals surface area contributed by atoms with Crippen molar-refractivity contribution in [2.75, 3.05) is 52.2 Å². The maximum atomic E-state index is 14.4. The smallest absolute Gasteiger partial charge is 0.208 e. The summed E-state index contributed by atoms with van der Waals surface area (Å²) in [5.41, 5.74) is 2.41. The Morgan fingerprint density at radius 2 is 1.09 bits per heavy atom. The lowest BCUT2D eigenvalue weighted by molar-refractivity contribution is 0.0179. The van der Waals surface area contributed by atoms with Crippen LogP contribution in [0.5, 0.6) is 11.5 Å². The molecule has 2 N–H and O–H groups in total. The minimum absolute atomic E-state index is 0.0939. The van der Waals surface area contributed by atoms with Gasteiger partial charge in [0.15, 0.2) is 23.1 Å². The Morgan fingerprint density at radius 3 is 1.43 bits per heavy atom. The molecule has 4 heterocycles. The molecule has 0 saturated carbocycles. The van der Waals surface area contributed by atoms with Gasteiger partial charge in [-0.15, -0.1) is 0 Å². The summed E-state index contributed by atoms with van der Waals surface area (Å²) in [6.45, 7) is 1.93. The second-order valence-corrected chi connectivity index (χ2v) is 17.3. The van der Waals surface area contributed by atoms with E-state index in [4.69, 9.17) is 42.1 Å². The van der Waals surface area contributed by atoms with Gasteiger partial charge in [0.2, 0.25) is 20.0 Å². The number of rotatable bonds is 12. The van der Waals surface area contributed by atoms with Crippen LogP contribution >= 0.6 is 23.2 Å². The summed E-state index contributed by atoms with van der Waals surface area (Å²) < 4.78 is 102. The van der Waals surface area contributed by atoms with E-state index in [0.717, 1.165) is 12.5 Å². The number of hydrogen-bond donors (Lipinski definition) is 2. The molecule has 2 aliphatic rings. The molecule has 18 heteroatoms. The molecule has 2 aliphatic heterocycles. The van der Waals surface area contributed by atoms with Gasteiger partial charge in [-0.25, -0.2) is 35.1 Å². The highest BCUT2D eigenvalue weighted by molar-refractivity contribution is 7.89. The normalized spacial score (nSPS) is 20.4. The van der Waals surface area contributed by atoms with Crippen LogP contribution < -0.4 is 18.9 Å². The zero-order chi connectivity index (χ0) is 38.9. The molecule has 2 fully saturated rings. The fraction of sp³-hybridized carbons (Fsp3) is 0.389. The van der Waals surface area contributed by atoms with Crippen LogP contribution in [0, 0.1) is 23.5 Å². The van der Waals surface area contributed by atoms with Gasteiger partial charge in [-0.2, -0.15) is 0 Å². The molecule has 6 rings (SSSR count). The van der Waals surface area contributed by atoms with Crippen molar-refractivity contribution in [2.24, 2.45) is 11.8 Å². The maximum Gasteiger partial charge on any atom is 0.208 e. The molecule has 2 unspecified atom stereocenters. The zero-order valence-corrected chi connectivity index (χ0v) is 32.5. The number of nitrogens with zero attached hydrogens (tertiary/aromatic N) is 2. The molecule has 2 saturated heterocycles. The molecule has 0 radical (unpaired) electrons. The van der Waals surface area contributed by atoms with E-state index in [1.54, 1.807) is 36.4 Å². The molecule has 0 spiro atoms. The first-order valence-electron chi connectivity index (χ1n) is 16.8. The van der Waals surface area contributed by atoms with Crippen LogP contribution in [0.3, 0.4) is 0 Å². The molecule has 0 aliphatic carbocycles. The number of ether oxygens (including phenoxy) is 4. The topological polar surface area (TPSA) is 155 Å². The van der Waals surface area contributed by atoms with Crippen LogP contribution in [0.15, 0.2) is 73.1 Å². The fourth-order valence-corrected chi connectivity index (χ4v) is 7.77. The molecule has 12 nitrogen and oxygen atoms in total. The molecule has 54 heavy (non-hydrogen) atoms. The number of nitrogens with one attached hydrogen (secondary N) is 2. The van der Waals surface area contributed by atoms with Crippen LogP contribution in [0.4, 0.5) is 8.78 Å². The highest BCUT2D eigenvalue weighted by atomic mass is 35.5. The standard InChI is InChI=1S/2C18H20ClFN2O4S/c2*1-27(23,24)22-17-6-7-25-10-13(17)11-26-18-5-2-12(8-15(18)20)16-4-3-14(19)9-21-16/h2*2-5,8-9,13,17,22H,6-7,10-11H2,1H3/t13-,17+;/m0./s1. The average molecular weight is 830 g/mol. The van der Waals surface area contributed by atoms with E-state index in [0.29, 0.717) is 71.8 Å². The van der Waals surface area contributed by atoms with Crippen molar-refractivity contribution < 1.29 is 44.6 Å². The van der Waals surface area contributed by atoms with E-state index in [2.05, 4.69) is 19.4 Å². The molecule has 2 aromatic heterocycles. The lowest BCUT2D eigenvalue weighted by Gasteiger charge is -2.31. The summed E-state index contributed by atoms with van der Waals surface area (Å²) >= 11 is 11.6. The van der Waals surface area contributed by atoms with Crippen LogP contribution in [0.2, 0.25) is 10.0 Å². The summed E-state index contributed by atoms with van der Waals surface area (Å²) in [5.74, 6) is -1.26. The first kappa shape index (κ1) is 41.7. The van der Waals surface area contributed by atoms with Gasteiger partial charge in [-0.05, 0) is 73.5 Å². The minimum atomic E-state index is -3.34. The van der Waals surface area contributed by atoms with Crippen molar-refractivity contribution in [3.8, 4) is 34.0 Å². The van der Waals surface area contributed by atoms with Gasteiger partial charge in [-0.1, -0.05) is 23.2 Å². The molecular formula is C36H40Cl2F2N4O8S2. The third-order valence-corrected chi connectivity index (χ3v) is 10.4. The number of pyridine rings is 2. The minimum Gasteiger partial charge on any atom is -0.490 e. The maximum absolute atomic E-state index is 14.4. The Bertz CT molecular complexity index is 1930. The quantitative estimate of drug-likeness (QED) is 0.181. The van der Waals surface area contributed by atoms with E-state index < -0.39 is 31.7 Å². The molecule has 0 bridgehead atoms. The van der Waals surface area contributed by atoms with Crippen molar-refractivity contribution in [3.05, 3.63) is 94.7 Å². The number of sulfonamides is 2. The first-order valence-corrected chi connectivity index (χ1v) is 21.4. The van der Waals surface area contributed by atoms with Gasteiger partial charge in [0.1, 0.15) is 0 Å². The van der Waals surface area contributed by atoms with Crippen LogP contribution in [0.25, 0.3) is 22.5 Å². The molecule has 0 amide bonds. The summed E-state index contributed by atoms with van der Waals surface area (Å²) in [4.78, 5) is 8.32. The third-order valence-electron chi connectivity index (χ3n) is 8.50. The SMILES string of the molecule is CS(=O)(=O)NC1CCOCC1COc1ccc(-c2ccc(Cl)cn2)cc1F.CS(=O)(=O)N[C@@H]1CCOC[C@H]1COc1ccc(-c2ccc(Cl)cn2)cc1F. The van der Waals surface area contributed by atoms with Crippen molar-refractivity contribution >= 4 is 43.2 Å². The van der Waals surface area contributed by atoms with Crippen molar-refractivity contribution in [2.45, 2.75) is 24.9 Å². The van der Waals surface area contributed by atoms with Gasteiger partial charge in [0, 0.05) is 60.7 Å². The van der Waals surface area contributed by atoms with E-state index in [9.17, 15) is 25.6 Å². The van der Waals surface area contributed by atoms with Crippen molar-refractivity contribution in [3.63, 3.8) is 0 Å². The Hall–Kier alpha value is -3.48. The second-order valence-electron chi connectivity index (χ2n) is 12.9. The Balaban J connectivity index is 0.000000208. The lowest BCUT2D eigenvalue weighted by atomic mass is 9.98. The zero-order valence-electron chi connectivity index (χ0n) is 29.4. The monoisotopic (exact) mass is 828 g/mol. The predicted molar refractivity (Wildman–Crippen MR) is 202 cm³/mol. The third kappa shape index (κ3) is 12.8. The highest BCUT2D eigenvalue weighted by Gasteiger charge is 2.30. The summed E-state index contributed by atoms with van der Waals surface area (Å²) in [6, 6.07) is 15.4. The van der Waals surface area contributed by atoms with Gasteiger partial charge in [0.25, 0.3) is 0 Å². The molecule has 4 aromatic rings. The lowest BCUT2D eigenvalue weighted by Crippen LogP contribution is -2.47. The predicted octanol–water partition coefficient (Wildman–Crippen LogP) is 5.75. The Kier molecular flexibility index (Phi) is 14.6. The Labute approximate surface area is 323 Å². The summed E-state index contributed by atoms with van der Waals surface area (Å²) in [6.07, 6.45) is 6.32. The molecular weight excluding hydrogens is 789 g/mol. The van der Waals surface area contributed by atoms with E-state index >= 15 is 0 Å². The first-order chi connectivity index (χ1) is 25.6. The number of halogens is 4. The van der Waals surface area contributed by atoms with E-state index in [1.807, 2.05) is 0 Å². The fourth-order valence-electron chi connectivity index (χ4n) is 5.82. The number of hydrogen-bond acceptors (Lipinski definition) is 10. The van der Waals surface area contributed by atoms with E-state index in [-0.39, 0.29) is 48.6 Å². The molecule has 292 valence electrons. The van der Waals surface area contributed by atoms with Crippen molar-refractivity contribution in [1.82, 2.24) is 19.4 Å². The largest absolute Gasteiger partial charge is 0.490 e. The van der Waals surface area contributed by atoms with Crippen LogP contribution in [0.1, 0.15) is 12.8 Å². The van der Waals surface area contributed by atoms with Crippen LogP contribution in [-0.2, 0) is 29.5 Å². The Morgan fingerprint density at radius 1 is 0.685 bits per heavy atom. The van der Waals surface area contributed by atoms with Gasteiger partial charge in [-0.3, -0.25) is 9.97 Å². The van der Waals surface area contributed by atoms with Crippen LogP contribution in [-0.4, -0.2) is 91.0 Å². The molecule has 4 atom stereocenters. The summed E-state index contributed by atoms with van der Waals surface area (Å²) in [5, 5.41) is 1.01. The van der Waals surface area contributed by atoms with E-state index in [1.165, 1.54) is 36.7 Å². The average Bonchev–Trinajstić information content (AvgIpc) is 3.11. The highest BCUT2D eigenvalue weighted by Crippen LogP contribution is 2.28. The summed E-state index contributed by atoms with van der Waals surface area (Å²) in [7, 11) is -6.68. The van der Waals surface area contributed by atoms with Gasteiger partial charge < -0.3 is 18.9 Å². The van der Waals surface area contributed by atoms with Gasteiger partial charge >= 0.3 is 0 Å². The molecule has 2 aromatic carbocycles. The number of benzene rings is 2. The number of aromatic nitrogens is 2. The second kappa shape index (κ2) is 18.9. The van der Waals surface area contributed by atoms with Crippen molar-refractivity contribution in [1.29, 1.82) is 0 Å².